The van der Waals surface area contributed by atoms with Crippen molar-refractivity contribution >= 4 is 39.2 Å². The van der Waals surface area contributed by atoms with E-state index in [9.17, 15) is 4.79 Å². The number of methoxy groups -OCH3 is 1. The van der Waals surface area contributed by atoms with Crippen LogP contribution in [-0.2, 0) is 17.8 Å². The Morgan fingerprint density at radius 2 is 2.12 bits per heavy atom. The third-order valence-electron chi connectivity index (χ3n) is 3.92. The second-order valence-electron chi connectivity index (χ2n) is 5.50. The first-order valence-electron chi connectivity index (χ1n) is 8.02. The minimum Gasteiger partial charge on any atom is -0.497 e. The van der Waals surface area contributed by atoms with E-state index < -0.39 is 0 Å². The van der Waals surface area contributed by atoms with Crippen molar-refractivity contribution in [1.82, 2.24) is 4.57 Å². The first kappa shape index (κ1) is 17.8. The van der Waals surface area contributed by atoms with E-state index in [2.05, 4.69) is 40.9 Å². The van der Waals surface area contributed by atoms with Gasteiger partial charge in [0.25, 0.3) is 5.91 Å². The molecule has 4 nitrogen and oxygen atoms in total. The van der Waals surface area contributed by atoms with Crippen LogP contribution in [0.2, 0.25) is 0 Å². The standard InChI is InChI=1S/C19H20N2O2S2/c1-4-21-16-9-8-15(24-3)12-17(16)25-19(21)20-18(22)11-13-6-5-7-14(10-13)23-2/h5-10,12H,4,11H2,1-3H3. The van der Waals surface area contributed by atoms with Gasteiger partial charge in [-0.3, -0.25) is 4.79 Å². The first-order valence-corrected chi connectivity index (χ1v) is 10.1. The van der Waals surface area contributed by atoms with Crippen molar-refractivity contribution in [1.29, 1.82) is 0 Å². The molecule has 0 unspecified atom stereocenters. The van der Waals surface area contributed by atoms with Crippen LogP contribution < -0.4 is 9.54 Å². The topological polar surface area (TPSA) is 43.6 Å². The zero-order valence-electron chi connectivity index (χ0n) is 14.5. The summed E-state index contributed by atoms with van der Waals surface area (Å²) < 4.78 is 8.45. The van der Waals surface area contributed by atoms with Crippen molar-refractivity contribution in [3.8, 4) is 5.75 Å². The summed E-state index contributed by atoms with van der Waals surface area (Å²) in [5, 5.41) is 0. The molecule has 0 N–H and O–H groups in total. The molecule has 0 aliphatic carbocycles. The van der Waals surface area contributed by atoms with E-state index in [1.165, 1.54) is 4.90 Å². The molecule has 3 rings (SSSR count). The number of hydrogen-bond acceptors (Lipinski definition) is 4. The van der Waals surface area contributed by atoms with Gasteiger partial charge in [0.1, 0.15) is 5.75 Å². The van der Waals surface area contributed by atoms with E-state index in [-0.39, 0.29) is 12.3 Å². The largest absolute Gasteiger partial charge is 0.497 e. The van der Waals surface area contributed by atoms with Gasteiger partial charge in [0.05, 0.1) is 23.7 Å². The summed E-state index contributed by atoms with van der Waals surface area (Å²) in [5.41, 5.74) is 2.03. The molecule has 25 heavy (non-hydrogen) atoms. The predicted octanol–water partition coefficient (Wildman–Crippen LogP) is 4.12. The van der Waals surface area contributed by atoms with Crippen LogP contribution in [-0.4, -0.2) is 23.8 Å². The van der Waals surface area contributed by atoms with Crippen molar-refractivity contribution in [2.24, 2.45) is 4.99 Å². The number of carbonyl (C=O) groups excluding carboxylic acids is 1. The van der Waals surface area contributed by atoms with Crippen LogP contribution in [0.5, 0.6) is 5.75 Å². The van der Waals surface area contributed by atoms with Crippen molar-refractivity contribution in [2.45, 2.75) is 24.8 Å². The zero-order valence-corrected chi connectivity index (χ0v) is 16.1. The summed E-state index contributed by atoms with van der Waals surface area (Å²) in [6.07, 6.45) is 2.33. The Hall–Kier alpha value is -2.05. The van der Waals surface area contributed by atoms with Crippen LogP contribution >= 0.6 is 23.1 Å². The molecule has 1 amide bonds. The van der Waals surface area contributed by atoms with Gasteiger partial charge in [-0.2, -0.15) is 4.99 Å². The lowest BCUT2D eigenvalue weighted by atomic mass is 10.1. The number of aromatic nitrogens is 1. The summed E-state index contributed by atoms with van der Waals surface area (Å²) >= 11 is 3.28. The third kappa shape index (κ3) is 3.96. The summed E-state index contributed by atoms with van der Waals surface area (Å²) in [7, 11) is 1.62. The Morgan fingerprint density at radius 1 is 1.28 bits per heavy atom. The Balaban J connectivity index is 1.95. The Labute approximate surface area is 155 Å². The quantitative estimate of drug-likeness (QED) is 0.633. The molecule has 0 fully saturated rings. The number of fused-ring (bicyclic) bond motifs is 1. The van der Waals surface area contributed by atoms with Crippen molar-refractivity contribution in [2.75, 3.05) is 13.4 Å². The molecule has 3 aromatic rings. The Kier molecular flexibility index (Phi) is 5.60. The van der Waals surface area contributed by atoms with Gasteiger partial charge in [0.2, 0.25) is 0 Å². The van der Waals surface area contributed by atoms with Gasteiger partial charge in [0, 0.05) is 11.4 Å². The minimum atomic E-state index is -0.146. The Morgan fingerprint density at radius 3 is 2.84 bits per heavy atom. The van der Waals surface area contributed by atoms with Crippen LogP contribution in [0.15, 0.2) is 52.4 Å². The van der Waals surface area contributed by atoms with Gasteiger partial charge in [-0.25, -0.2) is 0 Å². The second kappa shape index (κ2) is 7.89. The number of thioether (sulfide) groups is 1. The highest BCUT2D eigenvalue weighted by Crippen LogP contribution is 2.24. The molecule has 130 valence electrons. The predicted molar refractivity (Wildman–Crippen MR) is 105 cm³/mol. The van der Waals surface area contributed by atoms with E-state index >= 15 is 0 Å². The van der Waals surface area contributed by atoms with Crippen molar-refractivity contribution in [3.05, 3.63) is 52.8 Å². The number of amides is 1. The number of nitrogens with zero attached hydrogens (tertiary/aromatic N) is 2. The normalized spacial score (nSPS) is 11.9. The van der Waals surface area contributed by atoms with E-state index in [1.54, 1.807) is 30.2 Å². The first-order chi connectivity index (χ1) is 12.1. The molecule has 0 spiro atoms. The SMILES string of the molecule is CCn1c(=NC(=O)Cc2cccc(OC)c2)sc2cc(SC)ccc21. The van der Waals surface area contributed by atoms with Crippen LogP contribution in [0.3, 0.4) is 0 Å². The van der Waals surface area contributed by atoms with E-state index in [4.69, 9.17) is 4.74 Å². The summed E-state index contributed by atoms with van der Waals surface area (Å²) in [6.45, 7) is 2.85. The molecule has 0 aliphatic rings. The molecule has 1 aromatic heterocycles. The zero-order chi connectivity index (χ0) is 17.8. The Bertz CT molecular complexity index is 973. The fraction of sp³-hybridized carbons (Fsp3) is 0.263. The third-order valence-corrected chi connectivity index (χ3v) is 5.68. The highest BCUT2D eigenvalue weighted by molar-refractivity contribution is 7.98. The van der Waals surface area contributed by atoms with E-state index in [0.717, 1.165) is 32.9 Å². The maximum absolute atomic E-state index is 12.4. The molecular weight excluding hydrogens is 352 g/mol. The molecule has 6 heteroatoms. The number of carbonyl (C=O) groups is 1. The molecule has 0 atom stereocenters. The average Bonchev–Trinajstić information content (AvgIpc) is 2.97. The molecular formula is C19H20N2O2S2. The fourth-order valence-corrected chi connectivity index (χ4v) is 4.34. The summed E-state index contributed by atoms with van der Waals surface area (Å²) in [5.74, 6) is 0.604. The molecule has 0 saturated heterocycles. The van der Waals surface area contributed by atoms with Gasteiger partial charge in [-0.05, 0) is 49.1 Å². The molecule has 0 saturated carbocycles. The lowest BCUT2D eigenvalue weighted by Gasteiger charge is -2.02. The van der Waals surface area contributed by atoms with Crippen molar-refractivity contribution < 1.29 is 9.53 Å². The smallest absolute Gasteiger partial charge is 0.252 e. The lowest BCUT2D eigenvalue weighted by molar-refractivity contribution is -0.117. The number of rotatable bonds is 5. The van der Waals surface area contributed by atoms with Crippen molar-refractivity contribution in [3.63, 3.8) is 0 Å². The number of benzene rings is 2. The average molecular weight is 373 g/mol. The highest BCUT2D eigenvalue weighted by Gasteiger charge is 2.08. The van der Waals surface area contributed by atoms with Crippen LogP contribution in [0, 0.1) is 0 Å². The van der Waals surface area contributed by atoms with Gasteiger partial charge < -0.3 is 9.30 Å². The molecule has 0 bridgehead atoms. The molecule has 1 heterocycles. The number of aryl methyl sites for hydroxylation is 1. The summed E-state index contributed by atoms with van der Waals surface area (Å²) in [6, 6.07) is 13.9. The highest BCUT2D eigenvalue weighted by atomic mass is 32.2. The van der Waals surface area contributed by atoms with Gasteiger partial charge in [0.15, 0.2) is 4.80 Å². The lowest BCUT2D eigenvalue weighted by Crippen LogP contribution is -2.16. The maximum Gasteiger partial charge on any atom is 0.252 e. The minimum absolute atomic E-state index is 0.146. The fourth-order valence-electron chi connectivity index (χ4n) is 2.67. The van der Waals surface area contributed by atoms with Gasteiger partial charge in [-0.1, -0.05) is 23.5 Å². The van der Waals surface area contributed by atoms with E-state index in [1.807, 2.05) is 24.3 Å². The van der Waals surface area contributed by atoms with E-state index in [0.29, 0.717) is 0 Å². The maximum atomic E-state index is 12.4. The second-order valence-corrected chi connectivity index (χ2v) is 7.39. The molecule has 0 aliphatic heterocycles. The number of ether oxygens (including phenoxy) is 1. The van der Waals surface area contributed by atoms with Crippen LogP contribution in [0.25, 0.3) is 10.2 Å². The monoisotopic (exact) mass is 372 g/mol. The van der Waals surface area contributed by atoms with Gasteiger partial charge in [-0.15, -0.1) is 11.8 Å². The van der Waals surface area contributed by atoms with Gasteiger partial charge >= 0.3 is 0 Å². The number of hydrogen-bond donors (Lipinski definition) is 0. The molecule has 2 aromatic carbocycles. The molecule has 0 radical (unpaired) electrons. The summed E-state index contributed by atoms with van der Waals surface area (Å²) in [4.78, 5) is 18.8. The number of thiazole rings is 1. The van der Waals surface area contributed by atoms with Crippen LogP contribution in [0.1, 0.15) is 12.5 Å². The van der Waals surface area contributed by atoms with Crippen LogP contribution in [0.4, 0.5) is 0 Å².